The number of nitrogens with zero attached hydrogens (tertiary/aromatic N) is 3. The molecule has 1 aromatic heterocycles. The smallest absolute Gasteiger partial charge is 0.119 e. The summed E-state index contributed by atoms with van der Waals surface area (Å²) in [7, 11) is 0. The van der Waals surface area contributed by atoms with Gasteiger partial charge in [-0.15, -0.1) is 10.2 Å². The molecule has 0 unspecified atom stereocenters. The Morgan fingerprint density at radius 2 is 1.50 bits per heavy atom. The summed E-state index contributed by atoms with van der Waals surface area (Å²) in [5, 5.41) is 17.2. The van der Waals surface area contributed by atoms with Gasteiger partial charge in [-0.05, 0) is 27.7 Å². The minimum Gasteiger partial charge on any atom is -0.388 e. The molecule has 0 aliphatic carbocycles. The van der Waals surface area contributed by atoms with E-state index in [2.05, 4.69) is 10.2 Å². The third kappa shape index (κ3) is 1.34. The summed E-state index contributed by atoms with van der Waals surface area (Å²) in [6.45, 7) is 7.42. The quantitative estimate of drug-likeness (QED) is 0.712. The molecule has 4 nitrogen and oxygen atoms in total. The summed E-state index contributed by atoms with van der Waals surface area (Å²) in [5.41, 5.74) is -1.19. The Morgan fingerprint density at radius 3 is 1.83 bits per heavy atom. The third-order valence-corrected chi connectivity index (χ3v) is 2.56. The Hall–Kier alpha value is -0.900. The lowest BCUT2D eigenvalue weighted by Crippen LogP contribution is -2.46. The summed E-state index contributed by atoms with van der Waals surface area (Å²) in [6.07, 6.45) is 3.22. The molecule has 0 aliphatic rings. The molecule has 0 aromatic carbocycles. The predicted molar refractivity (Wildman–Crippen MR) is 45.6 cm³/mol. The van der Waals surface area contributed by atoms with Crippen LogP contribution in [-0.2, 0) is 5.54 Å². The van der Waals surface area contributed by atoms with Crippen molar-refractivity contribution < 1.29 is 5.11 Å². The fourth-order valence-corrected chi connectivity index (χ4v) is 0.805. The van der Waals surface area contributed by atoms with E-state index in [-0.39, 0.29) is 0 Å². The van der Waals surface area contributed by atoms with Gasteiger partial charge in [-0.2, -0.15) is 0 Å². The second kappa shape index (κ2) is 2.55. The molecule has 0 atom stereocenters. The van der Waals surface area contributed by atoms with Crippen molar-refractivity contribution in [2.24, 2.45) is 0 Å². The Kier molecular flexibility index (Phi) is 1.96. The molecule has 1 N–H and O–H groups in total. The normalized spacial score (nSPS) is 13.4. The van der Waals surface area contributed by atoms with Crippen LogP contribution in [0.15, 0.2) is 12.7 Å². The second-order valence-electron chi connectivity index (χ2n) is 3.99. The molecule has 0 aliphatic heterocycles. The highest BCUT2D eigenvalue weighted by Gasteiger charge is 2.36. The highest BCUT2D eigenvalue weighted by molar-refractivity contribution is 4.92. The van der Waals surface area contributed by atoms with Gasteiger partial charge in [0.05, 0.1) is 11.1 Å². The molecule has 68 valence electrons. The maximum Gasteiger partial charge on any atom is 0.119 e. The van der Waals surface area contributed by atoms with Crippen LogP contribution >= 0.6 is 0 Å². The van der Waals surface area contributed by atoms with Gasteiger partial charge in [-0.25, -0.2) is 0 Å². The molecule has 1 heterocycles. The molecule has 0 radical (unpaired) electrons. The van der Waals surface area contributed by atoms with Crippen molar-refractivity contribution in [2.45, 2.75) is 38.8 Å². The lowest BCUT2D eigenvalue weighted by molar-refractivity contribution is -0.0264. The van der Waals surface area contributed by atoms with Gasteiger partial charge >= 0.3 is 0 Å². The predicted octanol–water partition coefficient (Wildman–Crippen LogP) is 0.784. The Bertz CT molecular complexity index is 246. The number of hydrogen-bond acceptors (Lipinski definition) is 3. The standard InChI is InChI=1S/C8H15N3O/c1-7(2,8(3,4)12)11-5-9-10-6-11/h5-6,12H,1-4H3. The maximum atomic E-state index is 9.84. The summed E-state index contributed by atoms with van der Waals surface area (Å²) < 4.78 is 1.80. The summed E-state index contributed by atoms with van der Waals surface area (Å²) >= 11 is 0. The molecular formula is C8H15N3O. The zero-order chi connectivity index (χ0) is 9.41. The first-order valence-corrected chi connectivity index (χ1v) is 3.93. The summed E-state index contributed by atoms with van der Waals surface area (Å²) in [4.78, 5) is 0. The number of hydrogen-bond donors (Lipinski definition) is 1. The van der Waals surface area contributed by atoms with Gasteiger partial charge < -0.3 is 9.67 Å². The molecule has 12 heavy (non-hydrogen) atoms. The van der Waals surface area contributed by atoms with E-state index in [1.165, 1.54) is 0 Å². The second-order valence-corrected chi connectivity index (χ2v) is 3.99. The number of aliphatic hydroxyl groups is 1. The van der Waals surface area contributed by atoms with E-state index in [0.29, 0.717) is 0 Å². The highest BCUT2D eigenvalue weighted by Crippen LogP contribution is 2.27. The highest BCUT2D eigenvalue weighted by atomic mass is 16.3. The topological polar surface area (TPSA) is 50.9 Å². The van der Waals surface area contributed by atoms with E-state index in [0.717, 1.165) is 0 Å². The van der Waals surface area contributed by atoms with Gasteiger partial charge in [-0.1, -0.05) is 0 Å². The molecule has 0 bridgehead atoms. The van der Waals surface area contributed by atoms with Crippen molar-refractivity contribution in [1.29, 1.82) is 0 Å². The first-order chi connectivity index (χ1) is 5.36. The minimum atomic E-state index is -0.796. The van der Waals surface area contributed by atoms with E-state index in [1.54, 1.807) is 31.1 Å². The fourth-order valence-electron chi connectivity index (χ4n) is 0.805. The van der Waals surface area contributed by atoms with Crippen LogP contribution in [0.3, 0.4) is 0 Å². The van der Waals surface area contributed by atoms with Crippen LogP contribution in [0.4, 0.5) is 0 Å². The van der Waals surface area contributed by atoms with Crippen LogP contribution in [0.5, 0.6) is 0 Å². The van der Waals surface area contributed by atoms with Crippen molar-refractivity contribution >= 4 is 0 Å². The molecule has 0 amide bonds. The zero-order valence-electron chi connectivity index (χ0n) is 7.94. The fraction of sp³-hybridized carbons (Fsp3) is 0.750. The van der Waals surface area contributed by atoms with Crippen LogP contribution in [0.25, 0.3) is 0 Å². The monoisotopic (exact) mass is 169 g/mol. The number of aromatic nitrogens is 3. The van der Waals surface area contributed by atoms with Gasteiger partial charge in [0.25, 0.3) is 0 Å². The molecule has 1 aromatic rings. The van der Waals surface area contributed by atoms with E-state index in [9.17, 15) is 5.11 Å². The van der Waals surface area contributed by atoms with Gasteiger partial charge in [0, 0.05) is 0 Å². The molecule has 1 rings (SSSR count). The average molecular weight is 169 g/mol. The molecular weight excluding hydrogens is 154 g/mol. The van der Waals surface area contributed by atoms with Crippen molar-refractivity contribution in [2.75, 3.05) is 0 Å². The van der Waals surface area contributed by atoms with E-state index >= 15 is 0 Å². The molecule has 0 spiro atoms. The Labute approximate surface area is 72.2 Å². The largest absolute Gasteiger partial charge is 0.388 e. The van der Waals surface area contributed by atoms with Gasteiger partial charge in [0.2, 0.25) is 0 Å². The van der Waals surface area contributed by atoms with Crippen molar-refractivity contribution in [3.05, 3.63) is 12.7 Å². The van der Waals surface area contributed by atoms with Gasteiger partial charge in [0.1, 0.15) is 12.7 Å². The van der Waals surface area contributed by atoms with E-state index in [1.807, 2.05) is 13.8 Å². The van der Waals surface area contributed by atoms with Crippen LogP contribution < -0.4 is 0 Å². The van der Waals surface area contributed by atoms with Crippen LogP contribution in [-0.4, -0.2) is 25.5 Å². The maximum absolute atomic E-state index is 9.84. The Morgan fingerprint density at radius 1 is 1.08 bits per heavy atom. The molecule has 0 saturated heterocycles. The Balaban J connectivity index is 3.02. The molecule has 0 fully saturated rings. The average Bonchev–Trinajstić information content (AvgIpc) is 2.34. The summed E-state index contributed by atoms with van der Waals surface area (Å²) in [5.74, 6) is 0. The van der Waals surface area contributed by atoms with Crippen LogP contribution in [0.2, 0.25) is 0 Å². The molecule has 4 heteroatoms. The zero-order valence-corrected chi connectivity index (χ0v) is 7.94. The van der Waals surface area contributed by atoms with Crippen LogP contribution in [0, 0.1) is 0 Å². The first-order valence-electron chi connectivity index (χ1n) is 3.93. The lowest BCUT2D eigenvalue weighted by atomic mass is 9.86. The summed E-state index contributed by atoms with van der Waals surface area (Å²) in [6, 6.07) is 0. The van der Waals surface area contributed by atoms with E-state index in [4.69, 9.17) is 0 Å². The SMILES string of the molecule is CC(C)(O)C(C)(C)n1cnnc1. The van der Waals surface area contributed by atoms with Crippen molar-refractivity contribution in [3.63, 3.8) is 0 Å². The molecule has 0 saturated carbocycles. The van der Waals surface area contributed by atoms with E-state index < -0.39 is 11.1 Å². The van der Waals surface area contributed by atoms with Crippen molar-refractivity contribution in [1.82, 2.24) is 14.8 Å². The van der Waals surface area contributed by atoms with Gasteiger partial charge in [0.15, 0.2) is 0 Å². The minimum absolute atomic E-state index is 0.392. The van der Waals surface area contributed by atoms with Gasteiger partial charge in [-0.3, -0.25) is 0 Å². The lowest BCUT2D eigenvalue weighted by Gasteiger charge is -2.37. The van der Waals surface area contributed by atoms with Crippen molar-refractivity contribution in [3.8, 4) is 0 Å². The number of rotatable bonds is 2. The third-order valence-electron chi connectivity index (χ3n) is 2.56. The first kappa shape index (κ1) is 9.19. The van der Waals surface area contributed by atoms with Crippen LogP contribution in [0.1, 0.15) is 27.7 Å².